The number of carbonyl (C=O) groups excluding carboxylic acids is 1. The topological polar surface area (TPSA) is 42.0 Å². The molecule has 2 unspecified atom stereocenters. The Morgan fingerprint density at radius 3 is 2.54 bits per heavy atom. The second-order valence-corrected chi connectivity index (χ2v) is 6.85. The normalized spacial score (nSPS) is 22.3. The predicted molar refractivity (Wildman–Crippen MR) is 99.5 cm³/mol. The van der Waals surface area contributed by atoms with Crippen LogP contribution in [0.1, 0.15) is 34.9 Å². The van der Waals surface area contributed by atoms with Gasteiger partial charge in [0, 0.05) is 24.7 Å². The maximum Gasteiger partial charge on any atom is 0.255 e. The first-order valence-electron chi connectivity index (χ1n) is 9.06. The highest BCUT2D eigenvalue weighted by Gasteiger charge is 2.44. The molecule has 5 heteroatoms. The molecular formula is C21H24N2O3. The number of nitrogens with zero attached hydrogens (tertiary/aromatic N) is 2. The number of ether oxygens (including phenoxy) is 2. The molecule has 0 aromatic heterocycles. The van der Waals surface area contributed by atoms with Gasteiger partial charge in [0.25, 0.3) is 5.91 Å². The van der Waals surface area contributed by atoms with Gasteiger partial charge < -0.3 is 14.4 Å². The van der Waals surface area contributed by atoms with Gasteiger partial charge in [0.2, 0.25) is 0 Å². The average Bonchev–Trinajstić information content (AvgIpc) is 3.28. The Morgan fingerprint density at radius 2 is 1.81 bits per heavy atom. The SMILES string of the molecule is COc1ccc(C(=O)N2CC3CCCN3C2c2ccccc2)cc1OC. The monoisotopic (exact) mass is 352 g/mol. The van der Waals surface area contributed by atoms with Crippen molar-refractivity contribution in [1.29, 1.82) is 0 Å². The molecule has 2 fully saturated rings. The van der Waals surface area contributed by atoms with Gasteiger partial charge in [-0.15, -0.1) is 0 Å². The van der Waals surface area contributed by atoms with Crippen LogP contribution in [0.5, 0.6) is 11.5 Å². The summed E-state index contributed by atoms with van der Waals surface area (Å²) in [4.78, 5) is 17.8. The minimum absolute atomic E-state index is 0.00398. The van der Waals surface area contributed by atoms with Crippen LogP contribution in [0.3, 0.4) is 0 Å². The van der Waals surface area contributed by atoms with Crippen LogP contribution in [0.4, 0.5) is 0 Å². The van der Waals surface area contributed by atoms with Gasteiger partial charge in [-0.05, 0) is 36.6 Å². The molecule has 2 aliphatic rings. The first-order valence-corrected chi connectivity index (χ1v) is 9.06. The number of methoxy groups -OCH3 is 2. The Hall–Kier alpha value is -2.53. The Bertz CT molecular complexity index is 793. The molecule has 0 radical (unpaired) electrons. The van der Waals surface area contributed by atoms with Gasteiger partial charge in [0.1, 0.15) is 6.17 Å². The van der Waals surface area contributed by atoms with Crippen LogP contribution in [-0.4, -0.2) is 49.1 Å². The molecular weight excluding hydrogens is 328 g/mol. The maximum atomic E-state index is 13.3. The van der Waals surface area contributed by atoms with Gasteiger partial charge in [-0.1, -0.05) is 30.3 Å². The van der Waals surface area contributed by atoms with Crippen molar-refractivity contribution in [3.8, 4) is 11.5 Å². The molecule has 2 aromatic carbocycles. The molecule has 2 heterocycles. The van der Waals surface area contributed by atoms with Crippen molar-refractivity contribution in [2.45, 2.75) is 25.0 Å². The standard InChI is InChI=1S/C21H24N2O3/c1-25-18-11-10-16(13-19(18)26-2)21(24)23-14-17-9-6-12-22(17)20(23)15-7-4-3-5-8-15/h3-5,7-8,10-11,13,17,20H,6,9,12,14H2,1-2H3. The van der Waals surface area contributed by atoms with Gasteiger partial charge in [-0.2, -0.15) is 0 Å². The van der Waals surface area contributed by atoms with Crippen LogP contribution >= 0.6 is 0 Å². The number of carbonyl (C=O) groups is 1. The number of rotatable bonds is 4. The predicted octanol–water partition coefficient (Wildman–Crippen LogP) is 3.32. The second kappa shape index (κ2) is 7.00. The number of fused-ring (bicyclic) bond motifs is 1. The van der Waals surface area contributed by atoms with Crippen LogP contribution in [-0.2, 0) is 0 Å². The van der Waals surface area contributed by atoms with Crippen LogP contribution in [0.15, 0.2) is 48.5 Å². The highest BCUT2D eigenvalue weighted by atomic mass is 16.5. The fourth-order valence-corrected chi connectivity index (χ4v) is 4.21. The summed E-state index contributed by atoms with van der Waals surface area (Å²) in [6.07, 6.45) is 2.36. The minimum Gasteiger partial charge on any atom is -0.493 e. The molecule has 26 heavy (non-hydrogen) atoms. The number of hydrogen-bond donors (Lipinski definition) is 0. The van der Waals surface area contributed by atoms with E-state index in [1.807, 2.05) is 29.2 Å². The van der Waals surface area contributed by atoms with Crippen molar-refractivity contribution in [2.24, 2.45) is 0 Å². The van der Waals surface area contributed by atoms with Crippen molar-refractivity contribution < 1.29 is 14.3 Å². The highest BCUT2D eigenvalue weighted by Crippen LogP contribution is 2.40. The smallest absolute Gasteiger partial charge is 0.255 e. The largest absolute Gasteiger partial charge is 0.493 e. The summed E-state index contributed by atoms with van der Waals surface area (Å²) in [5.41, 5.74) is 1.80. The molecule has 0 saturated carbocycles. The van der Waals surface area contributed by atoms with Gasteiger partial charge in [0.15, 0.2) is 11.5 Å². The van der Waals surface area contributed by atoms with E-state index < -0.39 is 0 Å². The summed E-state index contributed by atoms with van der Waals surface area (Å²) >= 11 is 0. The molecule has 5 nitrogen and oxygen atoms in total. The first-order chi connectivity index (χ1) is 12.7. The minimum atomic E-state index is 0.00398. The van der Waals surface area contributed by atoms with Crippen LogP contribution in [0.25, 0.3) is 0 Å². The molecule has 2 aliphatic heterocycles. The zero-order chi connectivity index (χ0) is 18.1. The molecule has 1 amide bonds. The fourth-order valence-electron chi connectivity index (χ4n) is 4.21. The van der Waals surface area contributed by atoms with Crippen molar-refractivity contribution in [3.63, 3.8) is 0 Å². The molecule has 0 N–H and O–H groups in total. The first kappa shape index (κ1) is 16.9. The van der Waals surface area contributed by atoms with E-state index in [1.54, 1.807) is 26.4 Å². The van der Waals surface area contributed by atoms with Crippen molar-refractivity contribution in [3.05, 3.63) is 59.7 Å². The van der Waals surface area contributed by atoms with Gasteiger partial charge in [-0.25, -0.2) is 0 Å². The number of hydrogen-bond acceptors (Lipinski definition) is 4. The van der Waals surface area contributed by atoms with Crippen molar-refractivity contribution in [2.75, 3.05) is 27.3 Å². The molecule has 2 saturated heterocycles. The lowest BCUT2D eigenvalue weighted by Gasteiger charge is -2.30. The fraction of sp³-hybridized carbons (Fsp3) is 0.381. The highest BCUT2D eigenvalue weighted by molar-refractivity contribution is 5.95. The zero-order valence-electron chi connectivity index (χ0n) is 15.2. The molecule has 2 aromatic rings. The van der Waals surface area contributed by atoms with Crippen LogP contribution in [0.2, 0.25) is 0 Å². The second-order valence-electron chi connectivity index (χ2n) is 6.85. The summed E-state index contributed by atoms with van der Waals surface area (Å²) in [6.45, 7) is 1.81. The van der Waals surface area contributed by atoms with E-state index in [9.17, 15) is 4.79 Å². The van der Waals surface area contributed by atoms with E-state index in [2.05, 4.69) is 17.0 Å². The van der Waals surface area contributed by atoms with Crippen molar-refractivity contribution in [1.82, 2.24) is 9.80 Å². The number of amides is 1. The van der Waals surface area contributed by atoms with Crippen molar-refractivity contribution >= 4 is 5.91 Å². The Kier molecular flexibility index (Phi) is 4.55. The van der Waals surface area contributed by atoms with E-state index in [0.717, 1.165) is 19.5 Å². The third-order valence-corrected chi connectivity index (χ3v) is 5.43. The Morgan fingerprint density at radius 1 is 1.04 bits per heavy atom. The molecule has 0 aliphatic carbocycles. The summed E-state index contributed by atoms with van der Waals surface area (Å²) in [7, 11) is 3.19. The zero-order valence-corrected chi connectivity index (χ0v) is 15.2. The summed E-state index contributed by atoms with van der Waals surface area (Å²) < 4.78 is 10.7. The molecule has 0 spiro atoms. The molecule has 136 valence electrons. The van der Waals surface area contributed by atoms with E-state index in [0.29, 0.717) is 23.1 Å². The van der Waals surface area contributed by atoms with E-state index in [4.69, 9.17) is 9.47 Å². The summed E-state index contributed by atoms with van der Waals surface area (Å²) in [5.74, 6) is 1.24. The summed E-state index contributed by atoms with van der Waals surface area (Å²) in [6, 6.07) is 16.1. The Labute approximate surface area is 154 Å². The maximum absolute atomic E-state index is 13.3. The van der Waals surface area contributed by atoms with E-state index in [1.165, 1.54) is 12.0 Å². The van der Waals surface area contributed by atoms with E-state index >= 15 is 0 Å². The van der Waals surface area contributed by atoms with Crippen LogP contribution in [0, 0.1) is 0 Å². The third-order valence-electron chi connectivity index (χ3n) is 5.43. The van der Waals surface area contributed by atoms with Crippen LogP contribution < -0.4 is 9.47 Å². The van der Waals surface area contributed by atoms with Gasteiger partial charge >= 0.3 is 0 Å². The van der Waals surface area contributed by atoms with Gasteiger partial charge in [0.05, 0.1) is 14.2 Å². The molecule has 0 bridgehead atoms. The third kappa shape index (κ3) is 2.82. The quantitative estimate of drug-likeness (QED) is 0.846. The molecule has 2 atom stereocenters. The average molecular weight is 352 g/mol. The lowest BCUT2D eigenvalue weighted by atomic mass is 10.1. The molecule has 4 rings (SSSR count). The Balaban J connectivity index is 1.68. The summed E-state index contributed by atoms with van der Waals surface area (Å²) in [5, 5.41) is 0. The van der Waals surface area contributed by atoms with Gasteiger partial charge in [-0.3, -0.25) is 9.69 Å². The van der Waals surface area contributed by atoms with E-state index in [-0.39, 0.29) is 12.1 Å². The number of benzene rings is 2. The lowest BCUT2D eigenvalue weighted by Crippen LogP contribution is -2.35. The lowest BCUT2D eigenvalue weighted by molar-refractivity contribution is 0.0638.